The van der Waals surface area contributed by atoms with Crippen LogP contribution in [0, 0.1) is 6.92 Å². The van der Waals surface area contributed by atoms with Crippen molar-refractivity contribution < 1.29 is 4.79 Å². The summed E-state index contributed by atoms with van der Waals surface area (Å²) < 4.78 is 0. The summed E-state index contributed by atoms with van der Waals surface area (Å²) in [5.41, 5.74) is 4.33. The number of carbonyl (C=O) groups excluding carboxylic acids is 1. The molecule has 0 aliphatic heterocycles. The molecule has 0 aliphatic rings. The molecule has 0 saturated heterocycles. The number of halogens is 1. The van der Waals surface area contributed by atoms with Gasteiger partial charge in [0, 0.05) is 25.2 Å². The molecule has 0 bridgehead atoms. The maximum Gasteiger partial charge on any atom is 0.251 e. The Morgan fingerprint density at radius 3 is 2.14 bits per heavy atom. The van der Waals surface area contributed by atoms with Gasteiger partial charge in [0.2, 0.25) is 0 Å². The van der Waals surface area contributed by atoms with Gasteiger partial charge in [0.25, 0.3) is 5.91 Å². The zero-order valence-corrected chi connectivity index (χ0v) is 20.1. The molecule has 3 N–H and O–H groups in total. The molecule has 0 aliphatic carbocycles. The average molecular weight is 508 g/mol. The molecule has 2 aromatic carbocycles. The van der Waals surface area contributed by atoms with Crippen LogP contribution in [0.5, 0.6) is 0 Å². The number of rotatable bonds is 8. The topological polar surface area (TPSA) is 65.5 Å². The molecule has 0 radical (unpaired) electrons. The fourth-order valence-electron chi connectivity index (χ4n) is 2.80. The SMILES string of the molecule is CCNC(=O)c1ccc(CN=C(NCC)NCC(C)c2ccc(C)cc2)cc1.I. The average Bonchev–Trinajstić information content (AvgIpc) is 2.71. The van der Waals surface area contributed by atoms with Crippen molar-refractivity contribution in [2.45, 2.75) is 40.2 Å². The summed E-state index contributed by atoms with van der Waals surface area (Å²) in [5, 5.41) is 9.52. The van der Waals surface area contributed by atoms with E-state index in [1.54, 1.807) is 0 Å². The van der Waals surface area contributed by atoms with Gasteiger partial charge < -0.3 is 16.0 Å². The van der Waals surface area contributed by atoms with E-state index in [0.29, 0.717) is 24.6 Å². The largest absolute Gasteiger partial charge is 0.357 e. The third kappa shape index (κ3) is 8.43. The predicted octanol–water partition coefficient (Wildman–Crippen LogP) is 4.22. The first-order chi connectivity index (χ1) is 13.5. The molecular weight excluding hydrogens is 475 g/mol. The van der Waals surface area contributed by atoms with E-state index in [-0.39, 0.29) is 29.9 Å². The molecule has 2 rings (SSSR count). The molecule has 0 fully saturated rings. The number of guanidine groups is 1. The van der Waals surface area contributed by atoms with E-state index in [1.807, 2.05) is 31.2 Å². The van der Waals surface area contributed by atoms with Gasteiger partial charge in [-0.25, -0.2) is 4.99 Å². The number of nitrogens with zero attached hydrogens (tertiary/aromatic N) is 1. The smallest absolute Gasteiger partial charge is 0.251 e. The minimum Gasteiger partial charge on any atom is -0.357 e. The fraction of sp³-hybridized carbons (Fsp3) is 0.391. The normalized spacial score (nSPS) is 11.9. The van der Waals surface area contributed by atoms with E-state index >= 15 is 0 Å². The van der Waals surface area contributed by atoms with Crippen LogP contribution >= 0.6 is 24.0 Å². The van der Waals surface area contributed by atoms with Crippen LogP contribution < -0.4 is 16.0 Å². The molecule has 1 unspecified atom stereocenters. The number of aryl methyl sites for hydroxylation is 1. The maximum absolute atomic E-state index is 11.8. The van der Waals surface area contributed by atoms with Gasteiger partial charge in [-0.05, 0) is 49.9 Å². The number of aliphatic imine (C=N–C) groups is 1. The Morgan fingerprint density at radius 1 is 0.931 bits per heavy atom. The summed E-state index contributed by atoms with van der Waals surface area (Å²) in [4.78, 5) is 16.5. The lowest BCUT2D eigenvalue weighted by molar-refractivity contribution is 0.0956. The standard InChI is InChI=1S/C23H32N4O.HI/c1-5-24-22(28)21-13-9-19(10-14-21)16-27-23(25-6-2)26-15-18(4)20-11-7-17(3)8-12-20;/h7-14,18H,5-6,15-16H2,1-4H3,(H,24,28)(H2,25,26,27);1H. The maximum atomic E-state index is 11.8. The Bertz CT molecular complexity index is 772. The Labute approximate surface area is 191 Å². The summed E-state index contributed by atoms with van der Waals surface area (Å²) in [7, 11) is 0. The van der Waals surface area contributed by atoms with Gasteiger partial charge in [0.05, 0.1) is 6.54 Å². The predicted molar refractivity (Wildman–Crippen MR) is 132 cm³/mol. The van der Waals surface area contributed by atoms with Crippen LogP contribution in [-0.4, -0.2) is 31.5 Å². The van der Waals surface area contributed by atoms with Crippen molar-refractivity contribution in [3.63, 3.8) is 0 Å². The molecule has 1 atom stereocenters. The van der Waals surface area contributed by atoms with E-state index in [0.717, 1.165) is 24.6 Å². The van der Waals surface area contributed by atoms with Crippen molar-refractivity contribution in [3.05, 3.63) is 70.8 Å². The van der Waals surface area contributed by atoms with Gasteiger partial charge >= 0.3 is 0 Å². The summed E-state index contributed by atoms with van der Waals surface area (Å²) in [5.74, 6) is 1.15. The molecule has 0 saturated carbocycles. The van der Waals surface area contributed by atoms with Crippen LogP contribution in [0.2, 0.25) is 0 Å². The van der Waals surface area contributed by atoms with Gasteiger partial charge in [-0.1, -0.05) is 48.9 Å². The number of benzene rings is 2. The molecule has 0 spiro atoms. The van der Waals surface area contributed by atoms with Gasteiger partial charge in [-0.2, -0.15) is 0 Å². The lowest BCUT2D eigenvalue weighted by atomic mass is 10.0. The van der Waals surface area contributed by atoms with Crippen molar-refractivity contribution in [2.75, 3.05) is 19.6 Å². The quantitative estimate of drug-likeness (QED) is 0.284. The zero-order valence-electron chi connectivity index (χ0n) is 17.8. The molecule has 0 aromatic heterocycles. The number of carbonyl (C=O) groups is 1. The first-order valence-corrected chi connectivity index (χ1v) is 9.99. The Balaban J connectivity index is 0.00000420. The van der Waals surface area contributed by atoms with Crippen molar-refractivity contribution in [2.24, 2.45) is 4.99 Å². The Kier molecular flexibility index (Phi) is 11.3. The highest BCUT2D eigenvalue weighted by Gasteiger charge is 2.07. The number of nitrogens with one attached hydrogen (secondary N) is 3. The van der Waals surface area contributed by atoms with Crippen LogP contribution in [0.1, 0.15) is 53.7 Å². The van der Waals surface area contributed by atoms with E-state index in [4.69, 9.17) is 0 Å². The minimum absolute atomic E-state index is 0. The highest BCUT2D eigenvalue weighted by atomic mass is 127. The number of amides is 1. The van der Waals surface area contributed by atoms with Crippen LogP contribution in [0.25, 0.3) is 0 Å². The highest BCUT2D eigenvalue weighted by molar-refractivity contribution is 14.0. The van der Waals surface area contributed by atoms with Crippen molar-refractivity contribution in [1.29, 1.82) is 0 Å². The third-order valence-electron chi connectivity index (χ3n) is 4.54. The molecule has 29 heavy (non-hydrogen) atoms. The molecule has 1 amide bonds. The lowest BCUT2D eigenvalue weighted by Gasteiger charge is -2.16. The van der Waals surface area contributed by atoms with E-state index in [1.165, 1.54) is 11.1 Å². The van der Waals surface area contributed by atoms with E-state index in [2.05, 4.69) is 66.0 Å². The zero-order chi connectivity index (χ0) is 20.4. The van der Waals surface area contributed by atoms with Gasteiger partial charge in [0.15, 0.2) is 5.96 Å². The van der Waals surface area contributed by atoms with Crippen molar-refractivity contribution in [3.8, 4) is 0 Å². The van der Waals surface area contributed by atoms with Crippen LogP contribution in [0.3, 0.4) is 0 Å². The van der Waals surface area contributed by atoms with Gasteiger partial charge in [0.1, 0.15) is 0 Å². The van der Waals surface area contributed by atoms with E-state index in [9.17, 15) is 4.79 Å². The second-order valence-corrected chi connectivity index (χ2v) is 6.94. The Morgan fingerprint density at radius 2 is 1.55 bits per heavy atom. The molecule has 5 nitrogen and oxygen atoms in total. The number of hydrogen-bond acceptors (Lipinski definition) is 2. The van der Waals surface area contributed by atoms with Gasteiger partial charge in [-0.15, -0.1) is 24.0 Å². The lowest BCUT2D eigenvalue weighted by Crippen LogP contribution is -2.39. The molecule has 2 aromatic rings. The van der Waals surface area contributed by atoms with E-state index < -0.39 is 0 Å². The second kappa shape index (κ2) is 13.2. The van der Waals surface area contributed by atoms with Crippen LogP contribution in [0.15, 0.2) is 53.5 Å². The summed E-state index contributed by atoms with van der Waals surface area (Å²) in [6, 6.07) is 16.2. The minimum atomic E-state index is -0.0438. The van der Waals surface area contributed by atoms with Crippen LogP contribution in [-0.2, 0) is 6.54 Å². The van der Waals surface area contributed by atoms with Crippen molar-refractivity contribution in [1.82, 2.24) is 16.0 Å². The molecule has 6 heteroatoms. The summed E-state index contributed by atoms with van der Waals surface area (Å²) in [6.45, 7) is 11.1. The summed E-state index contributed by atoms with van der Waals surface area (Å²) in [6.07, 6.45) is 0. The van der Waals surface area contributed by atoms with Gasteiger partial charge in [-0.3, -0.25) is 4.79 Å². The first kappa shape index (κ1) is 24.9. The molecular formula is C23H33IN4O. The third-order valence-corrected chi connectivity index (χ3v) is 4.54. The highest BCUT2D eigenvalue weighted by Crippen LogP contribution is 2.14. The fourth-order valence-corrected chi connectivity index (χ4v) is 2.80. The summed E-state index contributed by atoms with van der Waals surface area (Å²) >= 11 is 0. The molecule has 0 heterocycles. The van der Waals surface area contributed by atoms with Crippen LogP contribution in [0.4, 0.5) is 0 Å². The first-order valence-electron chi connectivity index (χ1n) is 9.99. The molecule has 158 valence electrons. The monoisotopic (exact) mass is 508 g/mol. The number of hydrogen-bond donors (Lipinski definition) is 3. The second-order valence-electron chi connectivity index (χ2n) is 6.94. The Hall–Kier alpha value is -2.09. The van der Waals surface area contributed by atoms with Crippen molar-refractivity contribution >= 4 is 35.8 Å².